The number of nitrogens with one attached hydrogen (secondary N) is 1. The minimum absolute atomic E-state index is 0.184. The zero-order valence-electron chi connectivity index (χ0n) is 10.0. The molecule has 0 fully saturated rings. The van der Waals surface area contributed by atoms with Crippen molar-refractivity contribution in [3.05, 3.63) is 45.3 Å². The summed E-state index contributed by atoms with van der Waals surface area (Å²) in [5.41, 5.74) is 3.51. The number of phenols is 1. The lowest BCUT2D eigenvalue weighted by Crippen LogP contribution is -2.19. The number of aromatic nitrogens is 2. The van der Waals surface area contributed by atoms with Crippen LogP contribution in [0.1, 0.15) is 16.1 Å². The predicted octanol–water partition coefficient (Wildman–Crippen LogP) is 1.49. The Morgan fingerprint density at radius 2 is 2.16 bits per heavy atom. The van der Waals surface area contributed by atoms with Gasteiger partial charge in [-0.2, -0.15) is 10.2 Å². The Balaban J connectivity index is 2.00. The van der Waals surface area contributed by atoms with Gasteiger partial charge >= 0.3 is 0 Å². The molecule has 1 aromatic carbocycles. The molecule has 1 amide bonds. The molecule has 0 aliphatic heterocycles. The molecule has 0 radical (unpaired) electrons. The van der Waals surface area contributed by atoms with Crippen LogP contribution in [0.2, 0.25) is 0 Å². The molecule has 0 spiro atoms. The molecule has 0 atom stereocenters. The van der Waals surface area contributed by atoms with Crippen LogP contribution in [-0.4, -0.2) is 27.0 Å². The van der Waals surface area contributed by atoms with Crippen LogP contribution in [0, 0.1) is 3.57 Å². The van der Waals surface area contributed by atoms with Gasteiger partial charge in [-0.3, -0.25) is 9.48 Å². The number of carbonyl (C=O) groups excluding carboxylic acids is 1. The zero-order chi connectivity index (χ0) is 13.8. The molecule has 0 saturated carbocycles. The number of aryl methyl sites for hydroxylation is 1. The summed E-state index contributed by atoms with van der Waals surface area (Å²) in [6.07, 6.45) is 3.24. The molecule has 1 aromatic heterocycles. The summed E-state index contributed by atoms with van der Waals surface area (Å²) in [6, 6.07) is 6.47. The SMILES string of the molecule is Cn1cc(I)c(C(=O)N/N=C/c2ccc(O)cc2)n1. The highest BCUT2D eigenvalue weighted by atomic mass is 127. The summed E-state index contributed by atoms with van der Waals surface area (Å²) in [4.78, 5) is 11.8. The Morgan fingerprint density at radius 3 is 2.74 bits per heavy atom. The number of hydrazone groups is 1. The van der Waals surface area contributed by atoms with Gasteiger partial charge in [0.15, 0.2) is 5.69 Å². The summed E-state index contributed by atoms with van der Waals surface area (Å²) < 4.78 is 2.33. The van der Waals surface area contributed by atoms with E-state index >= 15 is 0 Å². The van der Waals surface area contributed by atoms with Crippen molar-refractivity contribution in [3.8, 4) is 5.75 Å². The van der Waals surface area contributed by atoms with Crippen LogP contribution in [0.3, 0.4) is 0 Å². The molecular weight excluding hydrogens is 359 g/mol. The third-order valence-corrected chi connectivity index (χ3v) is 3.06. The maximum absolute atomic E-state index is 11.8. The maximum atomic E-state index is 11.8. The third kappa shape index (κ3) is 3.53. The standard InChI is InChI=1S/C12H11IN4O2/c1-17-7-10(13)11(16-17)12(19)15-14-6-8-2-4-9(18)5-3-8/h2-7,18H,1H3,(H,15,19)/b14-6+. The van der Waals surface area contributed by atoms with E-state index in [0.717, 1.165) is 9.13 Å². The molecule has 1 heterocycles. The molecule has 2 rings (SSSR count). The van der Waals surface area contributed by atoms with Gasteiger partial charge in [0.25, 0.3) is 5.91 Å². The molecule has 2 N–H and O–H groups in total. The summed E-state index contributed by atoms with van der Waals surface area (Å²) >= 11 is 2.04. The van der Waals surface area contributed by atoms with Gasteiger partial charge in [-0.05, 0) is 52.4 Å². The van der Waals surface area contributed by atoms with E-state index in [0.29, 0.717) is 5.69 Å². The smallest absolute Gasteiger partial charge is 0.292 e. The third-order valence-electron chi connectivity index (χ3n) is 2.27. The summed E-state index contributed by atoms with van der Waals surface area (Å²) in [5, 5.41) is 17.0. The molecule has 2 aromatic rings. The molecule has 0 saturated heterocycles. The first-order chi connectivity index (χ1) is 9.06. The molecule has 0 aliphatic carbocycles. The fourth-order valence-corrected chi connectivity index (χ4v) is 2.15. The minimum Gasteiger partial charge on any atom is -0.508 e. The monoisotopic (exact) mass is 370 g/mol. The van der Waals surface area contributed by atoms with Gasteiger partial charge < -0.3 is 5.11 Å². The second kappa shape index (κ2) is 5.83. The van der Waals surface area contributed by atoms with Crippen molar-refractivity contribution >= 4 is 34.7 Å². The summed E-state index contributed by atoms with van der Waals surface area (Å²) in [6.45, 7) is 0. The van der Waals surface area contributed by atoms with Crippen LogP contribution >= 0.6 is 22.6 Å². The maximum Gasteiger partial charge on any atom is 0.292 e. The highest BCUT2D eigenvalue weighted by molar-refractivity contribution is 14.1. The van der Waals surface area contributed by atoms with Gasteiger partial charge in [0, 0.05) is 13.2 Å². The molecule has 98 valence electrons. The van der Waals surface area contributed by atoms with Gasteiger partial charge in [0.2, 0.25) is 0 Å². The Bertz CT molecular complexity index is 619. The van der Waals surface area contributed by atoms with Crippen LogP contribution in [0.25, 0.3) is 0 Å². The van der Waals surface area contributed by atoms with Gasteiger partial charge in [-0.1, -0.05) is 0 Å². The minimum atomic E-state index is -0.361. The lowest BCUT2D eigenvalue weighted by atomic mass is 10.2. The number of hydrogen-bond donors (Lipinski definition) is 2. The molecule has 0 aliphatic rings. The molecule has 0 unspecified atom stereocenters. The number of amides is 1. The Morgan fingerprint density at radius 1 is 1.47 bits per heavy atom. The normalized spacial score (nSPS) is 10.8. The first kappa shape index (κ1) is 13.5. The Hall–Kier alpha value is -1.90. The van der Waals surface area contributed by atoms with E-state index in [-0.39, 0.29) is 11.7 Å². The van der Waals surface area contributed by atoms with Crippen LogP contribution in [0.4, 0.5) is 0 Å². The first-order valence-electron chi connectivity index (χ1n) is 5.38. The fourth-order valence-electron chi connectivity index (χ4n) is 1.39. The van der Waals surface area contributed by atoms with Crippen molar-refractivity contribution in [2.75, 3.05) is 0 Å². The Labute approximate surface area is 123 Å². The van der Waals surface area contributed by atoms with E-state index in [1.165, 1.54) is 6.21 Å². The summed E-state index contributed by atoms with van der Waals surface area (Å²) in [5.74, 6) is -0.177. The molecular formula is C12H11IN4O2. The number of halogens is 1. The van der Waals surface area contributed by atoms with Crippen LogP contribution in [0.5, 0.6) is 5.75 Å². The highest BCUT2D eigenvalue weighted by Gasteiger charge is 2.13. The lowest BCUT2D eigenvalue weighted by molar-refractivity contribution is 0.0948. The number of benzene rings is 1. The zero-order valence-corrected chi connectivity index (χ0v) is 12.2. The average Bonchev–Trinajstić information content (AvgIpc) is 2.71. The second-order valence-corrected chi connectivity index (χ2v) is 4.95. The van der Waals surface area contributed by atoms with Crippen molar-refractivity contribution < 1.29 is 9.90 Å². The number of hydrogen-bond acceptors (Lipinski definition) is 4. The van der Waals surface area contributed by atoms with E-state index in [1.54, 1.807) is 42.2 Å². The van der Waals surface area contributed by atoms with Gasteiger partial charge in [0.1, 0.15) is 5.75 Å². The van der Waals surface area contributed by atoms with E-state index < -0.39 is 0 Å². The largest absolute Gasteiger partial charge is 0.508 e. The molecule has 0 bridgehead atoms. The molecule has 7 heteroatoms. The predicted molar refractivity (Wildman–Crippen MR) is 79.1 cm³/mol. The van der Waals surface area contributed by atoms with Crippen molar-refractivity contribution in [1.82, 2.24) is 15.2 Å². The number of nitrogens with zero attached hydrogens (tertiary/aromatic N) is 3. The molecule has 6 nitrogen and oxygen atoms in total. The van der Waals surface area contributed by atoms with Gasteiger partial charge in [0.05, 0.1) is 9.78 Å². The topological polar surface area (TPSA) is 79.5 Å². The Kier molecular flexibility index (Phi) is 4.15. The van der Waals surface area contributed by atoms with Crippen LogP contribution < -0.4 is 5.43 Å². The van der Waals surface area contributed by atoms with Crippen molar-refractivity contribution in [1.29, 1.82) is 0 Å². The van der Waals surface area contributed by atoms with Gasteiger partial charge in [-0.15, -0.1) is 0 Å². The molecule has 19 heavy (non-hydrogen) atoms. The van der Waals surface area contributed by atoms with Crippen molar-refractivity contribution in [3.63, 3.8) is 0 Å². The van der Waals surface area contributed by atoms with Crippen molar-refractivity contribution in [2.24, 2.45) is 12.1 Å². The number of carbonyl (C=O) groups is 1. The van der Waals surface area contributed by atoms with E-state index in [4.69, 9.17) is 5.11 Å². The second-order valence-electron chi connectivity index (χ2n) is 3.79. The average molecular weight is 370 g/mol. The summed E-state index contributed by atoms with van der Waals surface area (Å²) in [7, 11) is 1.75. The number of rotatable bonds is 3. The number of aromatic hydroxyl groups is 1. The fraction of sp³-hybridized carbons (Fsp3) is 0.0833. The van der Waals surface area contributed by atoms with Crippen LogP contribution in [0.15, 0.2) is 35.6 Å². The van der Waals surface area contributed by atoms with E-state index in [1.807, 2.05) is 22.6 Å². The highest BCUT2D eigenvalue weighted by Crippen LogP contribution is 2.09. The quantitative estimate of drug-likeness (QED) is 0.488. The number of phenolic OH excluding ortho intramolecular Hbond substituents is 1. The van der Waals surface area contributed by atoms with Crippen molar-refractivity contribution in [2.45, 2.75) is 0 Å². The van der Waals surface area contributed by atoms with E-state index in [9.17, 15) is 4.79 Å². The van der Waals surface area contributed by atoms with Gasteiger partial charge in [-0.25, -0.2) is 5.43 Å². The first-order valence-corrected chi connectivity index (χ1v) is 6.46. The lowest BCUT2D eigenvalue weighted by Gasteiger charge is -1.97. The van der Waals surface area contributed by atoms with Crippen LogP contribution in [-0.2, 0) is 7.05 Å². The van der Waals surface area contributed by atoms with E-state index in [2.05, 4.69) is 15.6 Å².